The zero-order valence-electron chi connectivity index (χ0n) is 7.57. The molecule has 0 fully saturated rings. The first-order chi connectivity index (χ1) is 6.25. The van der Waals surface area contributed by atoms with E-state index in [1.54, 1.807) is 4.68 Å². The van der Waals surface area contributed by atoms with Crippen molar-refractivity contribution in [2.75, 3.05) is 13.1 Å². The summed E-state index contributed by atoms with van der Waals surface area (Å²) in [5.74, 6) is 0. The van der Waals surface area contributed by atoms with Gasteiger partial charge in [-0.1, -0.05) is 0 Å². The molecule has 0 aromatic carbocycles. The topological polar surface area (TPSA) is 50.1 Å². The second-order valence-corrected chi connectivity index (χ2v) is 3.29. The molecule has 0 amide bonds. The van der Waals surface area contributed by atoms with Gasteiger partial charge in [0, 0.05) is 31.9 Å². The maximum Gasteiger partial charge on any atom is 0.0851 e. The zero-order valence-corrected chi connectivity index (χ0v) is 7.57. The number of aliphatic hydroxyl groups is 1. The first kappa shape index (κ1) is 8.47. The Morgan fingerprint density at radius 2 is 2.54 bits per heavy atom. The molecule has 1 aromatic heterocycles. The Hall–Kier alpha value is -1.13. The minimum absolute atomic E-state index is 0.371. The van der Waals surface area contributed by atoms with Crippen LogP contribution in [0.2, 0.25) is 0 Å². The van der Waals surface area contributed by atoms with Crippen LogP contribution < -0.4 is 5.32 Å². The Morgan fingerprint density at radius 1 is 1.69 bits per heavy atom. The quantitative estimate of drug-likeness (QED) is 0.626. The van der Waals surface area contributed by atoms with Crippen LogP contribution in [0.25, 0.3) is 5.57 Å². The van der Waals surface area contributed by atoms with Crippen molar-refractivity contribution < 1.29 is 5.11 Å². The van der Waals surface area contributed by atoms with Crippen molar-refractivity contribution in [3.63, 3.8) is 0 Å². The molecule has 1 aliphatic heterocycles. The van der Waals surface area contributed by atoms with Crippen molar-refractivity contribution in [2.45, 2.75) is 6.10 Å². The molecule has 2 rings (SSSR count). The molecule has 0 saturated heterocycles. The van der Waals surface area contributed by atoms with Crippen molar-refractivity contribution >= 4 is 5.57 Å². The van der Waals surface area contributed by atoms with E-state index in [0.29, 0.717) is 6.54 Å². The minimum atomic E-state index is -0.371. The van der Waals surface area contributed by atoms with Gasteiger partial charge >= 0.3 is 0 Å². The monoisotopic (exact) mass is 179 g/mol. The second kappa shape index (κ2) is 3.32. The third kappa shape index (κ3) is 1.79. The van der Waals surface area contributed by atoms with Gasteiger partial charge in [0.05, 0.1) is 12.3 Å². The van der Waals surface area contributed by atoms with Gasteiger partial charge in [-0.2, -0.15) is 5.10 Å². The van der Waals surface area contributed by atoms with E-state index in [1.807, 2.05) is 25.5 Å². The van der Waals surface area contributed by atoms with Crippen LogP contribution in [0.1, 0.15) is 5.56 Å². The average molecular weight is 179 g/mol. The first-order valence-corrected chi connectivity index (χ1v) is 4.34. The van der Waals surface area contributed by atoms with Gasteiger partial charge in [0.25, 0.3) is 0 Å². The molecule has 4 heteroatoms. The fraction of sp³-hybridized carbons (Fsp3) is 0.444. The highest BCUT2D eigenvalue weighted by atomic mass is 16.3. The van der Waals surface area contributed by atoms with E-state index in [9.17, 15) is 5.11 Å². The molecule has 0 bridgehead atoms. The van der Waals surface area contributed by atoms with E-state index >= 15 is 0 Å². The van der Waals surface area contributed by atoms with Gasteiger partial charge in [0.2, 0.25) is 0 Å². The molecule has 2 heterocycles. The van der Waals surface area contributed by atoms with E-state index in [-0.39, 0.29) is 6.10 Å². The summed E-state index contributed by atoms with van der Waals surface area (Å²) >= 11 is 0. The van der Waals surface area contributed by atoms with Crippen molar-refractivity contribution in [1.82, 2.24) is 15.1 Å². The normalized spacial score (nSPS) is 22.9. The van der Waals surface area contributed by atoms with Crippen LogP contribution >= 0.6 is 0 Å². The molecular formula is C9H13N3O. The number of hydrogen-bond donors (Lipinski definition) is 2. The molecule has 13 heavy (non-hydrogen) atoms. The minimum Gasteiger partial charge on any atom is -0.388 e. The fourth-order valence-corrected chi connectivity index (χ4v) is 1.49. The highest BCUT2D eigenvalue weighted by molar-refractivity contribution is 5.67. The molecule has 1 unspecified atom stereocenters. The van der Waals surface area contributed by atoms with Gasteiger partial charge in [0.1, 0.15) is 0 Å². The third-order valence-electron chi connectivity index (χ3n) is 2.14. The van der Waals surface area contributed by atoms with Crippen LogP contribution in [0.5, 0.6) is 0 Å². The molecule has 2 N–H and O–H groups in total. The van der Waals surface area contributed by atoms with Crippen LogP contribution in [-0.2, 0) is 7.05 Å². The van der Waals surface area contributed by atoms with Gasteiger partial charge in [-0.3, -0.25) is 4.68 Å². The summed E-state index contributed by atoms with van der Waals surface area (Å²) in [6, 6.07) is 0. The Balaban J connectivity index is 2.25. The Kier molecular flexibility index (Phi) is 2.16. The molecular weight excluding hydrogens is 166 g/mol. The molecule has 1 aliphatic rings. The predicted octanol–water partition coefficient (Wildman–Crippen LogP) is -0.232. The molecule has 70 valence electrons. The van der Waals surface area contributed by atoms with Crippen molar-refractivity contribution in [3.8, 4) is 0 Å². The van der Waals surface area contributed by atoms with E-state index in [2.05, 4.69) is 10.4 Å². The maximum atomic E-state index is 9.38. The van der Waals surface area contributed by atoms with E-state index < -0.39 is 0 Å². The number of nitrogens with zero attached hydrogens (tertiary/aromatic N) is 2. The van der Waals surface area contributed by atoms with E-state index in [4.69, 9.17) is 0 Å². The standard InChI is InChI=1S/C9H13N3O/c1-12-6-8(4-11-12)7-2-9(13)5-10-3-7/h2,4,6,9-10,13H,3,5H2,1H3. The highest BCUT2D eigenvalue weighted by Crippen LogP contribution is 2.15. The van der Waals surface area contributed by atoms with E-state index in [1.165, 1.54) is 0 Å². The number of β-amino-alcohol motifs (C(OH)–C–C–N with tert-alkyl or cyclic N) is 1. The summed E-state index contributed by atoms with van der Waals surface area (Å²) < 4.78 is 1.76. The number of nitrogens with one attached hydrogen (secondary N) is 1. The lowest BCUT2D eigenvalue weighted by Gasteiger charge is -2.17. The van der Waals surface area contributed by atoms with Crippen molar-refractivity contribution in [1.29, 1.82) is 0 Å². The van der Waals surface area contributed by atoms with Gasteiger partial charge in [0.15, 0.2) is 0 Å². The lowest BCUT2D eigenvalue weighted by atomic mass is 10.1. The largest absolute Gasteiger partial charge is 0.388 e. The number of aromatic nitrogens is 2. The van der Waals surface area contributed by atoms with Crippen LogP contribution in [0, 0.1) is 0 Å². The molecule has 0 spiro atoms. The number of hydrogen-bond acceptors (Lipinski definition) is 3. The first-order valence-electron chi connectivity index (χ1n) is 4.34. The van der Waals surface area contributed by atoms with Crippen LogP contribution in [0.15, 0.2) is 18.5 Å². The number of aryl methyl sites for hydroxylation is 1. The van der Waals surface area contributed by atoms with Crippen LogP contribution in [0.3, 0.4) is 0 Å². The van der Waals surface area contributed by atoms with Gasteiger partial charge in [-0.05, 0) is 11.6 Å². The molecule has 1 aromatic rings. The highest BCUT2D eigenvalue weighted by Gasteiger charge is 2.12. The summed E-state index contributed by atoms with van der Waals surface area (Å²) in [4.78, 5) is 0. The lowest BCUT2D eigenvalue weighted by Crippen LogP contribution is -2.31. The predicted molar refractivity (Wildman–Crippen MR) is 50.1 cm³/mol. The molecule has 0 saturated carbocycles. The Morgan fingerprint density at radius 3 is 3.15 bits per heavy atom. The van der Waals surface area contributed by atoms with Gasteiger partial charge < -0.3 is 10.4 Å². The molecule has 1 atom stereocenters. The van der Waals surface area contributed by atoms with Crippen molar-refractivity contribution in [2.24, 2.45) is 7.05 Å². The summed E-state index contributed by atoms with van der Waals surface area (Å²) in [5, 5.41) is 16.6. The zero-order chi connectivity index (χ0) is 9.26. The number of rotatable bonds is 1. The summed E-state index contributed by atoms with van der Waals surface area (Å²) in [7, 11) is 1.89. The third-order valence-corrected chi connectivity index (χ3v) is 2.14. The Labute approximate surface area is 76.9 Å². The average Bonchev–Trinajstić information content (AvgIpc) is 2.52. The van der Waals surface area contributed by atoms with Crippen molar-refractivity contribution in [3.05, 3.63) is 24.0 Å². The van der Waals surface area contributed by atoms with Crippen LogP contribution in [-0.4, -0.2) is 34.1 Å². The Bertz CT molecular complexity index is 329. The molecule has 4 nitrogen and oxygen atoms in total. The molecule has 0 aliphatic carbocycles. The fourth-order valence-electron chi connectivity index (χ4n) is 1.49. The second-order valence-electron chi connectivity index (χ2n) is 3.29. The van der Waals surface area contributed by atoms with Gasteiger partial charge in [-0.15, -0.1) is 0 Å². The smallest absolute Gasteiger partial charge is 0.0851 e. The van der Waals surface area contributed by atoms with Gasteiger partial charge in [-0.25, -0.2) is 0 Å². The number of aliphatic hydroxyl groups excluding tert-OH is 1. The lowest BCUT2D eigenvalue weighted by molar-refractivity contribution is 0.217. The SMILES string of the molecule is Cn1cc(C2=CC(O)CNC2)cn1. The summed E-state index contributed by atoms with van der Waals surface area (Å²) in [6.07, 6.45) is 5.27. The summed E-state index contributed by atoms with van der Waals surface area (Å²) in [5.41, 5.74) is 2.20. The summed E-state index contributed by atoms with van der Waals surface area (Å²) in [6.45, 7) is 1.45. The molecule has 0 radical (unpaired) electrons. The van der Waals surface area contributed by atoms with Crippen LogP contribution in [0.4, 0.5) is 0 Å². The maximum absolute atomic E-state index is 9.38. The van der Waals surface area contributed by atoms with E-state index in [0.717, 1.165) is 17.7 Å².